The molecule has 116 valence electrons. The standard InChI is InChI=1S/C16H10ClFN2O2S/c17-10-3-6-13(12(18)7-10)19-15(22)14-8-23-16(20-14)9-1-4-11(21)5-2-9/h1-8,21H,(H,19,22). The highest BCUT2D eigenvalue weighted by atomic mass is 35.5. The number of hydrogen-bond acceptors (Lipinski definition) is 4. The van der Waals surface area contributed by atoms with Crippen molar-refractivity contribution < 1.29 is 14.3 Å². The minimum atomic E-state index is -0.611. The van der Waals surface area contributed by atoms with Crippen molar-refractivity contribution >= 4 is 34.5 Å². The molecule has 0 spiro atoms. The van der Waals surface area contributed by atoms with Gasteiger partial charge >= 0.3 is 0 Å². The Kier molecular flexibility index (Phi) is 4.27. The number of carbonyl (C=O) groups excluding carboxylic acids is 1. The zero-order valence-corrected chi connectivity index (χ0v) is 13.2. The summed E-state index contributed by atoms with van der Waals surface area (Å²) >= 11 is 6.96. The van der Waals surface area contributed by atoms with Crippen LogP contribution in [0.2, 0.25) is 5.02 Å². The van der Waals surface area contributed by atoms with E-state index in [-0.39, 0.29) is 22.2 Å². The quantitative estimate of drug-likeness (QED) is 0.729. The number of anilines is 1. The third kappa shape index (κ3) is 3.49. The van der Waals surface area contributed by atoms with E-state index < -0.39 is 11.7 Å². The monoisotopic (exact) mass is 348 g/mol. The normalized spacial score (nSPS) is 10.5. The summed E-state index contributed by atoms with van der Waals surface area (Å²) in [5.74, 6) is -0.964. The Bertz CT molecular complexity index is 865. The summed E-state index contributed by atoms with van der Waals surface area (Å²) in [5.41, 5.74) is 1.01. The Labute approximate surface area is 140 Å². The van der Waals surface area contributed by atoms with Gasteiger partial charge in [-0.2, -0.15) is 0 Å². The minimum absolute atomic E-state index is 0.0404. The zero-order valence-electron chi connectivity index (χ0n) is 11.6. The van der Waals surface area contributed by atoms with Crippen molar-refractivity contribution in [2.45, 2.75) is 0 Å². The molecule has 4 nitrogen and oxygen atoms in total. The third-order valence-corrected chi connectivity index (χ3v) is 4.16. The van der Waals surface area contributed by atoms with Crippen molar-refractivity contribution in [1.82, 2.24) is 4.98 Å². The van der Waals surface area contributed by atoms with Crippen LogP contribution in [0.1, 0.15) is 10.5 Å². The van der Waals surface area contributed by atoms with Gasteiger partial charge < -0.3 is 10.4 Å². The number of nitrogens with one attached hydrogen (secondary N) is 1. The maximum Gasteiger partial charge on any atom is 0.275 e. The second-order valence-electron chi connectivity index (χ2n) is 4.66. The largest absolute Gasteiger partial charge is 0.508 e. The lowest BCUT2D eigenvalue weighted by atomic mass is 10.2. The van der Waals surface area contributed by atoms with Crippen molar-refractivity contribution in [1.29, 1.82) is 0 Å². The molecule has 0 saturated heterocycles. The van der Waals surface area contributed by atoms with Crippen molar-refractivity contribution in [3.8, 4) is 16.3 Å². The number of amides is 1. The Morgan fingerprint density at radius 2 is 1.96 bits per heavy atom. The zero-order chi connectivity index (χ0) is 16.4. The van der Waals surface area contributed by atoms with E-state index in [1.165, 1.54) is 23.5 Å². The Balaban J connectivity index is 1.79. The van der Waals surface area contributed by atoms with Crippen LogP contribution in [0.5, 0.6) is 5.75 Å². The first-order valence-corrected chi connectivity index (χ1v) is 7.80. The smallest absolute Gasteiger partial charge is 0.275 e. The molecule has 1 heterocycles. The van der Waals surface area contributed by atoms with Crippen molar-refractivity contribution in [2.24, 2.45) is 0 Å². The van der Waals surface area contributed by atoms with Gasteiger partial charge in [-0.05, 0) is 42.5 Å². The van der Waals surface area contributed by atoms with Crippen LogP contribution in [0.25, 0.3) is 10.6 Å². The fourth-order valence-corrected chi connectivity index (χ4v) is 2.86. The molecule has 23 heavy (non-hydrogen) atoms. The van der Waals surface area contributed by atoms with Gasteiger partial charge in [0.25, 0.3) is 5.91 Å². The number of carbonyl (C=O) groups is 1. The van der Waals surface area contributed by atoms with E-state index in [1.54, 1.807) is 29.6 Å². The molecule has 1 amide bonds. The summed E-state index contributed by atoms with van der Waals surface area (Å²) < 4.78 is 13.7. The molecule has 7 heteroatoms. The molecule has 3 rings (SSSR count). The van der Waals surface area contributed by atoms with Gasteiger partial charge in [-0.3, -0.25) is 4.79 Å². The van der Waals surface area contributed by atoms with E-state index in [4.69, 9.17) is 11.6 Å². The van der Waals surface area contributed by atoms with Crippen LogP contribution in [-0.4, -0.2) is 16.0 Å². The SMILES string of the molecule is O=C(Nc1ccc(Cl)cc1F)c1csc(-c2ccc(O)cc2)n1. The number of nitrogens with zero attached hydrogens (tertiary/aromatic N) is 1. The lowest BCUT2D eigenvalue weighted by Crippen LogP contribution is -2.13. The molecule has 1 aromatic heterocycles. The molecule has 2 N–H and O–H groups in total. The number of thiazole rings is 1. The van der Waals surface area contributed by atoms with Gasteiger partial charge in [-0.25, -0.2) is 9.37 Å². The summed E-state index contributed by atoms with van der Waals surface area (Å²) in [6, 6.07) is 10.5. The Morgan fingerprint density at radius 3 is 2.65 bits per heavy atom. The maximum absolute atomic E-state index is 13.7. The predicted molar refractivity (Wildman–Crippen MR) is 88.6 cm³/mol. The van der Waals surface area contributed by atoms with Crippen molar-refractivity contribution in [3.63, 3.8) is 0 Å². The van der Waals surface area contributed by atoms with Gasteiger partial charge in [-0.1, -0.05) is 11.6 Å². The topological polar surface area (TPSA) is 62.2 Å². The summed E-state index contributed by atoms with van der Waals surface area (Å²) in [7, 11) is 0. The average Bonchev–Trinajstić information content (AvgIpc) is 3.01. The van der Waals surface area contributed by atoms with Gasteiger partial charge in [0.2, 0.25) is 0 Å². The van der Waals surface area contributed by atoms with E-state index in [2.05, 4.69) is 10.3 Å². The van der Waals surface area contributed by atoms with Crippen LogP contribution in [0.3, 0.4) is 0 Å². The molecule has 3 aromatic rings. The molecular weight excluding hydrogens is 339 g/mol. The van der Waals surface area contributed by atoms with Gasteiger partial charge in [-0.15, -0.1) is 11.3 Å². The summed E-state index contributed by atoms with van der Waals surface area (Å²) in [5, 5.41) is 14.2. The molecular formula is C16H10ClFN2O2S. The van der Waals surface area contributed by atoms with Gasteiger partial charge in [0.05, 0.1) is 5.69 Å². The van der Waals surface area contributed by atoms with E-state index in [0.717, 1.165) is 11.6 Å². The number of benzene rings is 2. The number of aromatic hydroxyl groups is 1. The second-order valence-corrected chi connectivity index (χ2v) is 5.96. The molecule has 0 atom stereocenters. The first-order valence-electron chi connectivity index (χ1n) is 6.54. The highest BCUT2D eigenvalue weighted by molar-refractivity contribution is 7.13. The minimum Gasteiger partial charge on any atom is -0.508 e. The molecule has 0 unspecified atom stereocenters. The molecule has 0 fully saturated rings. The summed E-state index contributed by atoms with van der Waals surface area (Å²) in [6.07, 6.45) is 0. The van der Waals surface area contributed by atoms with Crippen LogP contribution in [0, 0.1) is 5.82 Å². The van der Waals surface area contributed by atoms with Crippen molar-refractivity contribution in [3.05, 3.63) is 64.4 Å². The maximum atomic E-state index is 13.7. The highest BCUT2D eigenvalue weighted by Crippen LogP contribution is 2.26. The van der Waals surface area contributed by atoms with Crippen LogP contribution in [0.15, 0.2) is 47.8 Å². The van der Waals surface area contributed by atoms with Crippen LogP contribution in [0.4, 0.5) is 10.1 Å². The fourth-order valence-electron chi connectivity index (χ4n) is 1.89. The lowest BCUT2D eigenvalue weighted by molar-refractivity contribution is 0.102. The van der Waals surface area contributed by atoms with E-state index >= 15 is 0 Å². The summed E-state index contributed by atoms with van der Waals surface area (Å²) in [4.78, 5) is 16.4. The van der Waals surface area contributed by atoms with Crippen molar-refractivity contribution in [2.75, 3.05) is 5.32 Å². The Morgan fingerprint density at radius 1 is 1.22 bits per heavy atom. The first-order chi connectivity index (χ1) is 11.0. The highest BCUT2D eigenvalue weighted by Gasteiger charge is 2.14. The molecule has 0 aliphatic rings. The number of phenols is 1. The lowest BCUT2D eigenvalue weighted by Gasteiger charge is -2.04. The van der Waals surface area contributed by atoms with Gasteiger partial charge in [0.15, 0.2) is 0 Å². The number of rotatable bonds is 3. The van der Waals surface area contributed by atoms with E-state index in [0.29, 0.717) is 5.01 Å². The first kappa shape index (κ1) is 15.5. The van der Waals surface area contributed by atoms with Crippen LogP contribution < -0.4 is 5.32 Å². The second kappa shape index (κ2) is 6.36. The summed E-state index contributed by atoms with van der Waals surface area (Å²) in [6.45, 7) is 0. The van der Waals surface area contributed by atoms with E-state index in [1.807, 2.05) is 0 Å². The van der Waals surface area contributed by atoms with Crippen LogP contribution >= 0.6 is 22.9 Å². The third-order valence-electron chi connectivity index (χ3n) is 3.03. The molecule has 0 aliphatic heterocycles. The number of phenolic OH excluding ortho intramolecular Hbond substituents is 1. The fraction of sp³-hybridized carbons (Fsp3) is 0. The van der Waals surface area contributed by atoms with E-state index in [9.17, 15) is 14.3 Å². The number of aromatic nitrogens is 1. The Hall–Kier alpha value is -2.44. The number of halogens is 2. The van der Waals surface area contributed by atoms with Gasteiger partial charge in [0.1, 0.15) is 22.3 Å². The average molecular weight is 349 g/mol. The predicted octanol–water partition coefficient (Wildman–Crippen LogP) is 4.56. The molecule has 0 radical (unpaired) electrons. The molecule has 0 aliphatic carbocycles. The molecule has 0 bridgehead atoms. The van der Waals surface area contributed by atoms with Gasteiger partial charge in [0, 0.05) is 16.0 Å². The molecule has 0 saturated carbocycles. The van der Waals surface area contributed by atoms with Crippen LogP contribution in [-0.2, 0) is 0 Å². The number of hydrogen-bond donors (Lipinski definition) is 2. The molecule has 2 aromatic carbocycles.